The van der Waals surface area contributed by atoms with Gasteiger partial charge in [-0.05, 0) is 49.6 Å². The number of benzene rings is 2. The number of rotatable bonds is 7. The van der Waals surface area contributed by atoms with Crippen molar-refractivity contribution in [3.05, 3.63) is 64.3 Å². The number of nitrogens with zero attached hydrogens (tertiary/aromatic N) is 4. The second kappa shape index (κ2) is 11.4. The number of aromatic nitrogens is 1. The minimum Gasteiger partial charge on any atom is -0.379 e. The van der Waals surface area contributed by atoms with Crippen LogP contribution in [-0.2, 0) is 21.3 Å². The fourth-order valence-electron chi connectivity index (χ4n) is 4.71. The van der Waals surface area contributed by atoms with Crippen molar-refractivity contribution in [3.63, 3.8) is 0 Å². The average molecular weight is 527 g/mol. The van der Waals surface area contributed by atoms with Crippen molar-refractivity contribution in [1.82, 2.24) is 13.8 Å². The third-order valence-corrected chi connectivity index (χ3v) is 9.68. The summed E-state index contributed by atoms with van der Waals surface area (Å²) in [4.78, 5) is 8.67. The van der Waals surface area contributed by atoms with Crippen LogP contribution in [0.1, 0.15) is 24.8 Å². The van der Waals surface area contributed by atoms with E-state index in [1.165, 1.54) is 5.56 Å². The highest BCUT2D eigenvalue weighted by atomic mass is 32.2. The molecule has 0 radical (unpaired) electrons. The first-order chi connectivity index (χ1) is 17.5. The van der Waals surface area contributed by atoms with Crippen LogP contribution < -0.4 is 4.80 Å². The zero-order chi connectivity index (χ0) is 25.0. The predicted octanol–water partition coefficient (Wildman–Crippen LogP) is 4.26. The van der Waals surface area contributed by atoms with E-state index in [1.54, 1.807) is 27.8 Å². The summed E-state index contributed by atoms with van der Waals surface area (Å²) in [6.45, 7) is 8.43. The number of aryl methyl sites for hydroxylation is 1. The summed E-state index contributed by atoms with van der Waals surface area (Å²) in [6, 6.07) is 15.6. The normalized spacial score (nSPS) is 18.5. The van der Waals surface area contributed by atoms with Gasteiger partial charge >= 0.3 is 0 Å². The molecule has 0 amide bonds. The van der Waals surface area contributed by atoms with Gasteiger partial charge in [0.15, 0.2) is 4.80 Å². The minimum atomic E-state index is -3.44. The van der Waals surface area contributed by atoms with Crippen LogP contribution in [0.25, 0.3) is 11.3 Å². The number of piperidine rings is 1. The lowest BCUT2D eigenvalue weighted by Crippen LogP contribution is -2.39. The van der Waals surface area contributed by atoms with Gasteiger partial charge in [0.25, 0.3) is 0 Å². The molecule has 9 heteroatoms. The van der Waals surface area contributed by atoms with Gasteiger partial charge in [0.1, 0.15) is 0 Å². The van der Waals surface area contributed by atoms with E-state index < -0.39 is 10.0 Å². The Morgan fingerprint density at radius 2 is 1.58 bits per heavy atom. The van der Waals surface area contributed by atoms with Crippen molar-refractivity contribution in [2.45, 2.75) is 37.6 Å². The zero-order valence-corrected chi connectivity index (χ0v) is 22.4. The van der Waals surface area contributed by atoms with E-state index in [0.717, 1.165) is 80.4 Å². The Kier molecular flexibility index (Phi) is 8.03. The molecule has 192 valence electrons. The molecule has 7 nitrogen and oxygen atoms in total. The Balaban J connectivity index is 1.45. The standard InChI is InChI=1S/C27H34N4O3S2/c1-22-5-9-24(10-6-22)28-27-31(16-15-29-17-19-34-20-18-29)26(21-35-27)23-7-11-25(12-8-23)36(32,33)30-13-3-2-4-14-30/h5-12,21H,2-4,13-20H2,1H3. The van der Waals surface area contributed by atoms with Crippen molar-refractivity contribution in [2.24, 2.45) is 4.99 Å². The predicted molar refractivity (Wildman–Crippen MR) is 144 cm³/mol. The first-order valence-electron chi connectivity index (χ1n) is 12.7. The molecule has 2 aromatic carbocycles. The fourth-order valence-corrected chi connectivity index (χ4v) is 7.19. The third kappa shape index (κ3) is 5.81. The Morgan fingerprint density at radius 1 is 0.889 bits per heavy atom. The van der Waals surface area contributed by atoms with Crippen LogP contribution in [0, 0.1) is 6.92 Å². The highest BCUT2D eigenvalue weighted by Gasteiger charge is 2.26. The summed E-state index contributed by atoms with van der Waals surface area (Å²) in [5, 5.41) is 2.13. The van der Waals surface area contributed by atoms with Crippen LogP contribution in [0.5, 0.6) is 0 Å². The minimum absolute atomic E-state index is 0.368. The molecular weight excluding hydrogens is 492 g/mol. The summed E-state index contributed by atoms with van der Waals surface area (Å²) in [7, 11) is -3.44. The van der Waals surface area contributed by atoms with Crippen LogP contribution in [0.2, 0.25) is 0 Å². The van der Waals surface area contributed by atoms with Crippen LogP contribution in [0.15, 0.2) is 63.8 Å². The molecule has 3 aromatic rings. The van der Waals surface area contributed by atoms with Gasteiger partial charge in [0.2, 0.25) is 10.0 Å². The van der Waals surface area contributed by atoms with Gasteiger partial charge in [-0.2, -0.15) is 4.31 Å². The molecule has 1 aromatic heterocycles. The maximum absolute atomic E-state index is 13.1. The van der Waals surface area contributed by atoms with Crippen molar-refractivity contribution >= 4 is 27.0 Å². The van der Waals surface area contributed by atoms with E-state index in [9.17, 15) is 8.42 Å². The molecule has 2 saturated heterocycles. The summed E-state index contributed by atoms with van der Waals surface area (Å²) in [6.07, 6.45) is 2.97. The molecule has 0 saturated carbocycles. The second-order valence-electron chi connectivity index (χ2n) is 9.45. The van der Waals surface area contributed by atoms with Gasteiger partial charge in [0.05, 0.1) is 29.5 Å². The van der Waals surface area contributed by atoms with Gasteiger partial charge in [-0.25, -0.2) is 13.4 Å². The Bertz CT molecular complexity index is 1320. The molecule has 36 heavy (non-hydrogen) atoms. The highest BCUT2D eigenvalue weighted by molar-refractivity contribution is 7.89. The lowest BCUT2D eigenvalue weighted by molar-refractivity contribution is 0.0363. The SMILES string of the molecule is Cc1ccc(N=c2scc(-c3ccc(S(=O)(=O)N4CCCCC4)cc3)n2CCN2CCOCC2)cc1. The molecule has 0 atom stereocenters. The van der Waals surface area contributed by atoms with Crippen LogP contribution in [-0.4, -0.2) is 68.1 Å². The zero-order valence-electron chi connectivity index (χ0n) is 20.8. The topological polar surface area (TPSA) is 67.1 Å². The van der Waals surface area contributed by atoms with Gasteiger partial charge in [-0.1, -0.05) is 36.2 Å². The summed E-state index contributed by atoms with van der Waals surface area (Å²) in [5.41, 5.74) is 4.19. The first-order valence-corrected chi connectivity index (χ1v) is 15.0. The van der Waals surface area contributed by atoms with Crippen molar-refractivity contribution in [2.75, 3.05) is 45.9 Å². The van der Waals surface area contributed by atoms with Crippen LogP contribution in [0.4, 0.5) is 5.69 Å². The molecule has 0 bridgehead atoms. The smallest absolute Gasteiger partial charge is 0.243 e. The molecule has 0 unspecified atom stereocenters. The number of hydrogen-bond acceptors (Lipinski definition) is 6. The highest BCUT2D eigenvalue weighted by Crippen LogP contribution is 2.26. The van der Waals surface area contributed by atoms with Gasteiger partial charge in [0, 0.05) is 44.6 Å². The maximum Gasteiger partial charge on any atom is 0.243 e. The Morgan fingerprint density at radius 3 is 2.28 bits per heavy atom. The van der Waals surface area contributed by atoms with Crippen molar-refractivity contribution < 1.29 is 13.2 Å². The van der Waals surface area contributed by atoms with E-state index in [1.807, 2.05) is 24.3 Å². The lowest BCUT2D eigenvalue weighted by atomic mass is 10.2. The van der Waals surface area contributed by atoms with Crippen LogP contribution >= 0.6 is 11.3 Å². The number of thiazole rings is 1. The molecular formula is C27H34N4O3S2. The number of morpholine rings is 1. The van der Waals surface area contributed by atoms with E-state index >= 15 is 0 Å². The molecule has 2 fully saturated rings. The summed E-state index contributed by atoms with van der Waals surface area (Å²) in [5.74, 6) is 0. The molecule has 2 aliphatic rings. The van der Waals surface area contributed by atoms with E-state index in [2.05, 4.69) is 33.9 Å². The first kappa shape index (κ1) is 25.4. The molecule has 2 aliphatic heterocycles. The molecule has 0 spiro atoms. The molecule has 3 heterocycles. The number of ether oxygens (including phenoxy) is 1. The van der Waals surface area contributed by atoms with Gasteiger partial charge < -0.3 is 9.30 Å². The fraction of sp³-hybridized carbons (Fsp3) is 0.444. The Labute approximate surface area is 217 Å². The Hall–Kier alpha value is -2.30. The molecule has 0 N–H and O–H groups in total. The molecule has 0 aliphatic carbocycles. The number of hydrogen-bond donors (Lipinski definition) is 0. The largest absolute Gasteiger partial charge is 0.379 e. The van der Waals surface area contributed by atoms with Crippen molar-refractivity contribution in [1.29, 1.82) is 0 Å². The average Bonchev–Trinajstić information content (AvgIpc) is 3.32. The van der Waals surface area contributed by atoms with E-state index in [4.69, 9.17) is 9.73 Å². The molecule has 5 rings (SSSR count). The second-order valence-corrected chi connectivity index (χ2v) is 12.2. The summed E-state index contributed by atoms with van der Waals surface area (Å²) >= 11 is 1.62. The van der Waals surface area contributed by atoms with E-state index in [0.29, 0.717) is 18.0 Å². The maximum atomic E-state index is 13.1. The van der Waals surface area contributed by atoms with E-state index in [-0.39, 0.29) is 0 Å². The number of sulfonamides is 1. The van der Waals surface area contributed by atoms with Crippen molar-refractivity contribution in [3.8, 4) is 11.3 Å². The van der Waals surface area contributed by atoms with Gasteiger partial charge in [-0.3, -0.25) is 4.90 Å². The van der Waals surface area contributed by atoms with Gasteiger partial charge in [-0.15, -0.1) is 11.3 Å². The lowest BCUT2D eigenvalue weighted by Gasteiger charge is -2.27. The summed E-state index contributed by atoms with van der Waals surface area (Å²) < 4.78 is 35.6. The monoisotopic (exact) mass is 526 g/mol. The quantitative estimate of drug-likeness (QED) is 0.461. The van der Waals surface area contributed by atoms with Crippen LogP contribution in [0.3, 0.4) is 0 Å². The third-order valence-electron chi connectivity index (χ3n) is 6.90.